The van der Waals surface area contributed by atoms with Crippen molar-refractivity contribution in [3.05, 3.63) is 23.9 Å². The number of piperazine rings is 1. The van der Waals surface area contributed by atoms with Gasteiger partial charge in [-0.1, -0.05) is 0 Å². The maximum Gasteiger partial charge on any atom is 0.319 e. The third-order valence-corrected chi connectivity index (χ3v) is 4.90. The molecule has 1 aliphatic heterocycles. The van der Waals surface area contributed by atoms with Crippen LogP contribution >= 0.6 is 0 Å². The number of amides is 3. The van der Waals surface area contributed by atoms with Crippen molar-refractivity contribution in [2.75, 3.05) is 33.7 Å². The van der Waals surface area contributed by atoms with Gasteiger partial charge in [0.05, 0.1) is 11.1 Å². The molecule has 1 saturated heterocycles. The minimum absolute atomic E-state index is 0.0978. The summed E-state index contributed by atoms with van der Waals surface area (Å²) in [5.41, 5.74) is -0.299. The number of rotatable bonds is 2. The lowest BCUT2D eigenvalue weighted by atomic mass is 9.97. The van der Waals surface area contributed by atoms with Crippen LogP contribution in [0.1, 0.15) is 24.2 Å². The molecule has 9 nitrogen and oxygen atoms in total. The van der Waals surface area contributed by atoms with Crippen LogP contribution in [0.15, 0.2) is 23.4 Å². The summed E-state index contributed by atoms with van der Waals surface area (Å²) >= 11 is 0. The maximum absolute atomic E-state index is 12.8. The van der Waals surface area contributed by atoms with Gasteiger partial charge in [0.25, 0.3) is 15.9 Å². The van der Waals surface area contributed by atoms with E-state index < -0.39 is 15.6 Å². The Labute approximate surface area is 147 Å². The van der Waals surface area contributed by atoms with Crippen molar-refractivity contribution >= 4 is 22.0 Å². The highest BCUT2D eigenvalue weighted by atomic mass is 32.2. The van der Waals surface area contributed by atoms with Crippen LogP contribution in [0.3, 0.4) is 0 Å². The van der Waals surface area contributed by atoms with Gasteiger partial charge in [-0.3, -0.25) is 4.79 Å². The standard InChI is InChI=1S/C15H23N5O4S/c1-15(2)10-19(14(22)18(3)4)7-8-20(15)13(21)11-5-6-12(17-9-11)25(16,23)24/h5-6,9H,7-8,10H2,1-4H3,(H2,16,23,24). The first-order valence-electron chi connectivity index (χ1n) is 7.70. The minimum atomic E-state index is -3.90. The molecule has 138 valence electrons. The Morgan fingerprint density at radius 1 is 1.24 bits per heavy atom. The molecule has 0 aliphatic carbocycles. The van der Waals surface area contributed by atoms with Crippen LogP contribution in [-0.4, -0.2) is 79.3 Å². The molecule has 25 heavy (non-hydrogen) atoms. The summed E-state index contributed by atoms with van der Waals surface area (Å²) < 4.78 is 22.5. The van der Waals surface area contributed by atoms with Crippen molar-refractivity contribution in [3.63, 3.8) is 0 Å². The molecule has 0 saturated carbocycles. The van der Waals surface area contributed by atoms with Gasteiger partial charge in [-0.15, -0.1) is 0 Å². The molecule has 0 radical (unpaired) electrons. The summed E-state index contributed by atoms with van der Waals surface area (Å²) in [4.78, 5) is 33.5. The summed E-state index contributed by atoms with van der Waals surface area (Å²) in [5.74, 6) is -0.268. The van der Waals surface area contributed by atoms with Gasteiger partial charge in [0.15, 0.2) is 5.03 Å². The Morgan fingerprint density at radius 3 is 2.32 bits per heavy atom. The van der Waals surface area contributed by atoms with Crippen molar-refractivity contribution in [3.8, 4) is 0 Å². The Balaban J connectivity index is 2.19. The van der Waals surface area contributed by atoms with E-state index in [2.05, 4.69) is 4.98 Å². The second-order valence-electron chi connectivity index (χ2n) is 6.80. The van der Waals surface area contributed by atoms with E-state index in [9.17, 15) is 18.0 Å². The smallest absolute Gasteiger partial charge is 0.319 e. The first-order chi connectivity index (χ1) is 11.4. The van der Waals surface area contributed by atoms with E-state index in [0.717, 1.165) is 0 Å². The summed E-state index contributed by atoms with van der Waals surface area (Å²) in [7, 11) is -0.531. The highest BCUT2D eigenvalue weighted by Crippen LogP contribution is 2.24. The summed E-state index contributed by atoms with van der Waals surface area (Å²) in [5, 5.41) is 4.72. The Bertz CT molecular complexity index is 774. The number of hydrogen-bond donors (Lipinski definition) is 1. The summed E-state index contributed by atoms with van der Waals surface area (Å²) in [6, 6.07) is 2.50. The van der Waals surface area contributed by atoms with Crippen molar-refractivity contribution in [1.29, 1.82) is 0 Å². The van der Waals surface area contributed by atoms with E-state index in [1.807, 2.05) is 13.8 Å². The highest BCUT2D eigenvalue weighted by Gasteiger charge is 2.39. The molecule has 0 atom stereocenters. The van der Waals surface area contributed by atoms with Crippen LogP contribution in [-0.2, 0) is 10.0 Å². The van der Waals surface area contributed by atoms with Gasteiger partial charge in [-0.25, -0.2) is 23.3 Å². The molecule has 0 unspecified atom stereocenters. The van der Waals surface area contributed by atoms with Gasteiger partial charge in [-0.05, 0) is 26.0 Å². The molecule has 1 aromatic rings. The van der Waals surface area contributed by atoms with Crippen LogP contribution in [0.2, 0.25) is 0 Å². The average molecular weight is 369 g/mol. The SMILES string of the molecule is CN(C)C(=O)N1CCN(C(=O)c2ccc(S(N)(=O)=O)nc2)C(C)(C)C1. The molecule has 2 rings (SSSR count). The third kappa shape index (κ3) is 4.07. The van der Waals surface area contributed by atoms with E-state index >= 15 is 0 Å². The molecule has 1 aromatic heterocycles. The fourth-order valence-corrected chi connectivity index (χ4v) is 3.27. The van der Waals surface area contributed by atoms with E-state index in [1.165, 1.54) is 23.2 Å². The van der Waals surface area contributed by atoms with Crippen molar-refractivity contribution in [1.82, 2.24) is 19.7 Å². The molecular weight excluding hydrogens is 346 g/mol. The number of carbonyl (C=O) groups is 2. The lowest BCUT2D eigenvalue weighted by molar-refractivity contribution is 0.0240. The second-order valence-corrected chi connectivity index (χ2v) is 8.31. The van der Waals surface area contributed by atoms with Gasteiger partial charge < -0.3 is 14.7 Å². The lowest BCUT2D eigenvalue weighted by Crippen LogP contribution is -2.63. The van der Waals surface area contributed by atoms with Crippen LogP contribution in [0.25, 0.3) is 0 Å². The Morgan fingerprint density at radius 2 is 1.88 bits per heavy atom. The molecule has 0 aromatic carbocycles. The summed E-state index contributed by atoms with van der Waals surface area (Å²) in [6.07, 6.45) is 1.20. The number of pyridine rings is 1. The van der Waals surface area contributed by atoms with Crippen LogP contribution < -0.4 is 5.14 Å². The first kappa shape index (κ1) is 19.1. The number of carbonyl (C=O) groups excluding carboxylic acids is 2. The van der Waals surface area contributed by atoms with Gasteiger partial charge >= 0.3 is 6.03 Å². The van der Waals surface area contributed by atoms with Crippen molar-refractivity contribution in [2.45, 2.75) is 24.4 Å². The molecule has 0 spiro atoms. The molecular formula is C15H23N5O4S. The zero-order valence-corrected chi connectivity index (χ0v) is 15.6. The van der Waals surface area contributed by atoms with Gasteiger partial charge in [0, 0.05) is 39.9 Å². The molecule has 3 amide bonds. The fourth-order valence-electron chi connectivity index (χ4n) is 2.81. The van der Waals surface area contributed by atoms with Crippen molar-refractivity contribution < 1.29 is 18.0 Å². The summed E-state index contributed by atoms with van der Waals surface area (Å²) in [6.45, 7) is 4.97. The molecule has 1 fully saturated rings. The predicted octanol–water partition coefficient (Wildman–Crippen LogP) is -0.0530. The van der Waals surface area contributed by atoms with Crippen molar-refractivity contribution in [2.24, 2.45) is 5.14 Å². The van der Waals surface area contributed by atoms with E-state index in [4.69, 9.17) is 5.14 Å². The minimum Gasteiger partial charge on any atom is -0.331 e. The number of aromatic nitrogens is 1. The number of primary sulfonamides is 1. The van der Waals surface area contributed by atoms with Gasteiger partial charge in [0.1, 0.15) is 0 Å². The topological polar surface area (TPSA) is 117 Å². The second kappa shape index (κ2) is 6.60. The quantitative estimate of drug-likeness (QED) is 0.784. The zero-order valence-electron chi connectivity index (χ0n) is 14.8. The predicted molar refractivity (Wildman–Crippen MR) is 91.4 cm³/mol. The Kier molecular flexibility index (Phi) is 5.05. The number of hydrogen-bond acceptors (Lipinski definition) is 5. The number of nitrogens with zero attached hydrogens (tertiary/aromatic N) is 4. The molecule has 10 heteroatoms. The maximum atomic E-state index is 12.8. The number of sulfonamides is 1. The molecule has 0 bridgehead atoms. The first-order valence-corrected chi connectivity index (χ1v) is 9.25. The number of nitrogens with two attached hydrogens (primary N) is 1. The lowest BCUT2D eigenvalue weighted by Gasteiger charge is -2.47. The normalized spacial score (nSPS) is 17.3. The van der Waals surface area contributed by atoms with Crippen LogP contribution in [0, 0.1) is 0 Å². The monoisotopic (exact) mass is 369 g/mol. The average Bonchev–Trinajstić information content (AvgIpc) is 2.51. The number of urea groups is 1. The fraction of sp³-hybridized carbons (Fsp3) is 0.533. The zero-order chi connectivity index (χ0) is 19.0. The largest absolute Gasteiger partial charge is 0.331 e. The molecule has 2 heterocycles. The Hall–Kier alpha value is -2.20. The highest BCUT2D eigenvalue weighted by molar-refractivity contribution is 7.89. The third-order valence-electron chi connectivity index (χ3n) is 4.08. The molecule has 2 N–H and O–H groups in total. The van der Waals surface area contributed by atoms with Crippen LogP contribution in [0.4, 0.5) is 4.79 Å². The van der Waals surface area contributed by atoms with Gasteiger partial charge in [0.2, 0.25) is 0 Å². The van der Waals surface area contributed by atoms with Gasteiger partial charge in [-0.2, -0.15) is 0 Å². The van der Waals surface area contributed by atoms with Crippen LogP contribution in [0.5, 0.6) is 0 Å². The van der Waals surface area contributed by atoms with E-state index in [0.29, 0.717) is 19.6 Å². The van der Waals surface area contributed by atoms with E-state index in [-0.39, 0.29) is 22.5 Å². The molecule has 1 aliphatic rings. The van der Waals surface area contributed by atoms with E-state index in [1.54, 1.807) is 23.9 Å².